The van der Waals surface area contributed by atoms with Gasteiger partial charge in [0, 0.05) is 11.9 Å². The predicted molar refractivity (Wildman–Crippen MR) is 115 cm³/mol. The van der Waals surface area contributed by atoms with Crippen LogP contribution in [0.15, 0.2) is 54.7 Å². The van der Waals surface area contributed by atoms with Crippen molar-refractivity contribution in [2.75, 3.05) is 79.3 Å². The number of aromatic nitrogens is 1. The van der Waals surface area contributed by atoms with Crippen LogP contribution in [0, 0.1) is 0 Å². The molecule has 0 bridgehead atoms. The number of para-hydroxylation sites is 1. The summed E-state index contributed by atoms with van der Waals surface area (Å²) >= 11 is 0. The molecule has 32 heavy (non-hydrogen) atoms. The minimum absolute atomic E-state index is 0. The van der Waals surface area contributed by atoms with Crippen molar-refractivity contribution in [3.05, 3.63) is 60.2 Å². The fourth-order valence-corrected chi connectivity index (χ4v) is 2.43. The molecule has 1 aromatic carbocycles. The Kier molecular flexibility index (Phi) is 21.0. The Hall–Kier alpha value is -0.265. The number of hydrogen-bond acceptors (Lipinski definition) is 6. The quantitative estimate of drug-likeness (QED) is 0.432. The van der Waals surface area contributed by atoms with E-state index in [-0.39, 0.29) is 58.2 Å². The van der Waals surface area contributed by atoms with Gasteiger partial charge < -0.3 is 33.4 Å². The van der Waals surface area contributed by atoms with E-state index in [0.29, 0.717) is 79.3 Å². The third-order valence-electron chi connectivity index (χ3n) is 3.94. The van der Waals surface area contributed by atoms with Crippen LogP contribution in [-0.2, 0) is 28.4 Å². The van der Waals surface area contributed by atoms with Gasteiger partial charge in [0.05, 0.1) is 79.3 Å². The first-order valence-corrected chi connectivity index (χ1v) is 10.6. The molecule has 172 valence electrons. The molecule has 8 nitrogen and oxygen atoms in total. The largest absolute Gasteiger partial charge is 1.00 e. The summed E-state index contributed by atoms with van der Waals surface area (Å²) < 4.78 is 32.0. The predicted octanol–water partition coefficient (Wildman–Crippen LogP) is -2.94. The topological polar surface area (TPSA) is 83.5 Å². The first-order valence-electron chi connectivity index (χ1n) is 10.6. The minimum Gasteiger partial charge on any atom is -0.377 e. The van der Waals surface area contributed by atoms with Crippen molar-refractivity contribution in [2.24, 2.45) is 0 Å². The Morgan fingerprint density at radius 2 is 0.875 bits per heavy atom. The Labute approximate surface area is 239 Å². The van der Waals surface area contributed by atoms with Crippen LogP contribution in [0.5, 0.6) is 0 Å². The van der Waals surface area contributed by atoms with Crippen molar-refractivity contribution in [1.29, 1.82) is 0 Å². The minimum atomic E-state index is 0. The van der Waals surface area contributed by atoms with Gasteiger partial charge in [0.15, 0.2) is 0 Å². The van der Waals surface area contributed by atoms with Crippen LogP contribution in [0.25, 0.3) is 0 Å². The maximum atomic E-state index is 5.33. The normalized spacial score (nSPS) is 18.2. The summed E-state index contributed by atoms with van der Waals surface area (Å²) in [6.07, 6.45) is 1.77. The van der Waals surface area contributed by atoms with E-state index in [1.54, 1.807) is 6.20 Å². The SMILES string of the molecule is C1COCCOCCOCCOCCOCCO1.[Rb+].c1ccc([NH+]=c2cccc[n-]2)cc1. The second-order valence-corrected chi connectivity index (χ2v) is 6.38. The average Bonchev–Trinajstić information content (AvgIpc) is 2.81. The third kappa shape index (κ3) is 17.2. The zero-order chi connectivity index (χ0) is 21.7. The molecule has 1 aliphatic heterocycles. The van der Waals surface area contributed by atoms with Crippen LogP contribution in [0.3, 0.4) is 0 Å². The van der Waals surface area contributed by atoms with Crippen LogP contribution in [0.1, 0.15) is 0 Å². The summed E-state index contributed by atoms with van der Waals surface area (Å²) in [5, 5.41) is 0. The van der Waals surface area contributed by atoms with E-state index in [4.69, 9.17) is 28.4 Å². The van der Waals surface area contributed by atoms with Crippen molar-refractivity contribution < 1.29 is 91.6 Å². The first-order chi connectivity index (χ1) is 15.4. The molecule has 0 radical (unpaired) electrons. The smallest absolute Gasteiger partial charge is 0.377 e. The molecule has 0 unspecified atom stereocenters. The summed E-state index contributed by atoms with van der Waals surface area (Å²) in [6, 6.07) is 15.8. The zero-order valence-corrected chi connectivity index (χ0v) is 24.0. The van der Waals surface area contributed by atoms with Crippen LogP contribution in [-0.4, -0.2) is 79.3 Å². The molecule has 0 amide bonds. The summed E-state index contributed by atoms with van der Waals surface area (Å²) in [6.45, 7) is 7.04. The number of hydrogen-bond donors (Lipinski definition) is 1. The van der Waals surface area contributed by atoms with Gasteiger partial charge in [0.1, 0.15) is 5.49 Å². The Morgan fingerprint density at radius 1 is 0.500 bits per heavy atom. The van der Waals surface area contributed by atoms with Crippen LogP contribution >= 0.6 is 0 Å². The molecule has 0 saturated carbocycles. The molecule has 2 heterocycles. The number of ether oxygens (including phenoxy) is 6. The van der Waals surface area contributed by atoms with E-state index in [0.717, 1.165) is 11.2 Å². The molecule has 1 aromatic heterocycles. The van der Waals surface area contributed by atoms with Gasteiger partial charge in [-0.25, -0.2) is 4.98 Å². The molecule has 0 atom stereocenters. The standard InChI is InChI=1S/C12H24O6.C11H9N2.Rb/c1-2-14-5-6-16-9-10-18-12-11-17-8-7-15-4-3-13-1;1-2-6-10(7-3-1)13-11-8-4-5-9-12-11;/h1-12H2;1-9H;/q;-1;+1/p+1. The molecule has 2 aromatic rings. The zero-order valence-electron chi connectivity index (χ0n) is 19.1. The maximum Gasteiger partial charge on any atom is 1.00 e. The Morgan fingerprint density at radius 3 is 1.22 bits per heavy atom. The average molecular weight is 520 g/mol. The monoisotopic (exact) mass is 519 g/mol. The van der Waals surface area contributed by atoms with Crippen molar-refractivity contribution >= 4 is 5.69 Å². The maximum absolute atomic E-state index is 5.33. The molecule has 9 heteroatoms. The molecule has 0 spiro atoms. The van der Waals surface area contributed by atoms with Gasteiger partial charge in [-0.2, -0.15) is 0 Å². The molecule has 1 fully saturated rings. The Balaban J connectivity index is 0.000000324. The fraction of sp³-hybridized carbons (Fsp3) is 0.522. The van der Waals surface area contributed by atoms with E-state index < -0.39 is 0 Å². The van der Waals surface area contributed by atoms with E-state index in [2.05, 4.69) is 9.98 Å². The van der Waals surface area contributed by atoms with E-state index in [1.807, 2.05) is 48.5 Å². The fourth-order valence-electron chi connectivity index (χ4n) is 2.43. The van der Waals surface area contributed by atoms with Crippen LogP contribution in [0.2, 0.25) is 0 Å². The second kappa shape index (κ2) is 22.5. The number of pyridine rings is 1. The molecule has 0 aliphatic carbocycles. The summed E-state index contributed by atoms with van der Waals surface area (Å²) in [4.78, 5) is 7.36. The van der Waals surface area contributed by atoms with Gasteiger partial charge >= 0.3 is 58.2 Å². The number of rotatable bonds is 1. The van der Waals surface area contributed by atoms with Crippen LogP contribution in [0.4, 0.5) is 5.69 Å². The summed E-state index contributed by atoms with van der Waals surface area (Å²) in [7, 11) is 0. The summed E-state index contributed by atoms with van der Waals surface area (Å²) in [5.41, 5.74) is 1.93. The number of nitrogens with zero attached hydrogens (tertiary/aromatic N) is 1. The van der Waals surface area contributed by atoms with Gasteiger partial charge in [-0.3, -0.25) is 0 Å². The molecule has 1 N–H and O–H groups in total. The van der Waals surface area contributed by atoms with Crippen molar-refractivity contribution in [3.63, 3.8) is 0 Å². The molecule has 1 saturated heterocycles. The second-order valence-electron chi connectivity index (χ2n) is 6.38. The van der Waals surface area contributed by atoms with E-state index in [1.165, 1.54) is 0 Å². The Bertz CT molecular complexity index is 624. The molecule has 3 rings (SSSR count). The van der Waals surface area contributed by atoms with Crippen molar-refractivity contribution in [3.8, 4) is 0 Å². The van der Waals surface area contributed by atoms with Gasteiger partial charge in [-0.05, 0) is 24.3 Å². The molecular formula is C23H34N2O6Rb+. The van der Waals surface area contributed by atoms with E-state index >= 15 is 0 Å². The molecule has 1 aliphatic rings. The first kappa shape index (κ1) is 29.8. The molecular weight excluding hydrogens is 486 g/mol. The van der Waals surface area contributed by atoms with Gasteiger partial charge in [0.25, 0.3) is 0 Å². The number of nitrogens with one attached hydrogen (secondary N) is 1. The van der Waals surface area contributed by atoms with Crippen molar-refractivity contribution in [2.45, 2.75) is 0 Å². The van der Waals surface area contributed by atoms with Crippen LogP contribution < -0.4 is 73.7 Å². The van der Waals surface area contributed by atoms with E-state index in [9.17, 15) is 0 Å². The number of benzene rings is 1. The third-order valence-corrected chi connectivity index (χ3v) is 3.94. The van der Waals surface area contributed by atoms with Gasteiger partial charge in [-0.1, -0.05) is 24.3 Å². The summed E-state index contributed by atoms with van der Waals surface area (Å²) in [5.74, 6) is 0. The van der Waals surface area contributed by atoms with Crippen molar-refractivity contribution in [1.82, 2.24) is 4.98 Å². The van der Waals surface area contributed by atoms with Gasteiger partial charge in [0.2, 0.25) is 0 Å². The van der Waals surface area contributed by atoms with Gasteiger partial charge in [-0.15, -0.1) is 0 Å².